The molecule has 1 saturated heterocycles. The van der Waals surface area contributed by atoms with Gasteiger partial charge in [0.2, 0.25) is 15.9 Å². The predicted octanol–water partition coefficient (Wildman–Crippen LogP) is 3.45. The molecule has 1 N–H and O–H groups in total. The van der Waals surface area contributed by atoms with Gasteiger partial charge in [0.05, 0.1) is 17.6 Å². The third kappa shape index (κ3) is 4.16. The lowest BCUT2D eigenvalue weighted by atomic mass is 9.99. The van der Waals surface area contributed by atoms with Crippen LogP contribution in [-0.4, -0.2) is 46.7 Å². The number of hydrogen-bond donors (Lipinski definition) is 1. The number of hydrogen-bond acceptors (Lipinski definition) is 7. The number of nitrogens with zero attached hydrogens (tertiary/aromatic N) is 3. The van der Waals surface area contributed by atoms with Crippen molar-refractivity contribution in [3.8, 4) is 0 Å². The quantitative estimate of drug-likeness (QED) is 0.601. The lowest BCUT2D eigenvalue weighted by molar-refractivity contribution is -0.120. The average Bonchev–Trinajstić information content (AvgIpc) is 3.22. The highest BCUT2D eigenvalue weighted by molar-refractivity contribution is 7.98. The summed E-state index contributed by atoms with van der Waals surface area (Å²) in [7, 11) is -3.75. The van der Waals surface area contributed by atoms with Gasteiger partial charge in [-0.2, -0.15) is 13.1 Å². The number of nitrogens with one attached hydrogen (secondary N) is 1. The topological polar surface area (TPSA) is 92.3 Å². The van der Waals surface area contributed by atoms with Crippen molar-refractivity contribution in [2.24, 2.45) is 5.92 Å². The molecular weight excluding hydrogens is 428 g/mol. The van der Waals surface area contributed by atoms with Crippen molar-refractivity contribution in [3.63, 3.8) is 0 Å². The molecule has 1 amide bonds. The van der Waals surface area contributed by atoms with E-state index in [9.17, 15) is 13.2 Å². The van der Waals surface area contributed by atoms with Gasteiger partial charge < -0.3 is 5.32 Å². The van der Waals surface area contributed by atoms with E-state index in [1.165, 1.54) is 4.31 Å². The number of anilines is 1. The van der Waals surface area contributed by atoms with Gasteiger partial charge in [-0.3, -0.25) is 4.79 Å². The van der Waals surface area contributed by atoms with E-state index in [4.69, 9.17) is 0 Å². The number of amides is 1. The summed E-state index contributed by atoms with van der Waals surface area (Å²) in [6.07, 6.45) is 3.26. The van der Waals surface area contributed by atoms with Crippen LogP contribution in [0.15, 0.2) is 52.3 Å². The van der Waals surface area contributed by atoms with E-state index in [0.29, 0.717) is 30.4 Å². The van der Waals surface area contributed by atoms with Crippen LogP contribution >= 0.6 is 23.5 Å². The van der Waals surface area contributed by atoms with E-state index in [1.807, 2.05) is 30.5 Å². The minimum atomic E-state index is -3.75. The van der Waals surface area contributed by atoms with E-state index in [2.05, 4.69) is 14.1 Å². The second-order valence-electron chi connectivity index (χ2n) is 6.81. The molecule has 10 heteroatoms. The first-order chi connectivity index (χ1) is 14.0. The number of aromatic nitrogens is 2. The van der Waals surface area contributed by atoms with Gasteiger partial charge in [0, 0.05) is 23.7 Å². The van der Waals surface area contributed by atoms with Gasteiger partial charge in [-0.1, -0.05) is 12.1 Å². The monoisotopic (exact) mass is 448 g/mol. The van der Waals surface area contributed by atoms with Crippen molar-refractivity contribution in [1.29, 1.82) is 0 Å². The largest absolute Gasteiger partial charge is 0.326 e. The molecule has 0 unspecified atom stereocenters. The maximum absolute atomic E-state index is 13.2. The summed E-state index contributed by atoms with van der Waals surface area (Å²) in [5.41, 5.74) is 1.68. The first-order valence-corrected chi connectivity index (χ1v) is 12.5. The highest BCUT2D eigenvalue weighted by atomic mass is 32.2. The number of fused-ring (bicyclic) bond motifs is 1. The van der Waals surface area contributed by atoms with E-state index >= 15 is 0 Å². The molecule has 3 aromatic rings. The number of carbonyl (C=O) groups excluding carboxylic acids is 1. The highest BCUT2D eigenvalue weighted by Gasteiger charge is 2.34. The lowest BCUT2D eigenvalue weighted by Gasteiger charge is -2.31. The maximum atomic E-state index is 13.2. The fourth-order valence-corrected chi connectivity index (χ4v) is 6.18. The third-order valence-corrected chi connectivity index (χ3v) is 8.12. The Morgan fingerprint density at radius 3 is 2.90 bits per heavy atom. The summed E-state index contributed by atoms with van der Waals surface area (Å²) in [5, 5.41) is 2.93. The molecule has 1 fully saturated rings. The van der Waals surface area contributed by atoms with Crippen molar-refractivity contribution >= 4 is 56.1 Å². The normalized spacial score (nSPS) is 18.0. The van der Waals surface area contributed by atoms with Gasteiger partial charge in [-0.15, -0.1) is 11.8 Å². The molecule has 0 aliphatic carbocycles. The van der Waals surface area contributed by atoms with Crippen LogP contribution in [-0.2, 0) is 14.8 Å². The number of rotatable bonds is 5. The molecule has 0 bridgehead atoms. The van der Waals surface area contributed by atoms with Crippen LogP contribution in [0.25, 0.3) is 11.0 Å². The number of carbonyl (C=O) groups is 1. The minimum absolute atomic E-state index is 0.150. The Morgan fingerprint density at radius 1 is 1.24 bits per heavy atom. The van der Waals surface area contributed by atoms with Crippen LogP contribution < -0.4 is 5.32 Å². The Balaban J connectivity index is 1.53. The number of benzene rings is 2. The van der Waals surface area contributed by atoms with Crippen LogP contribution in [0.4, 0.5) is 5.69 Å². The van der Waals surface area contributed by atoms with Gasteiger partial charge in [0.15, 0.2) is 0 Å². The maximum Gasteiger partial charge on any atom is 0.245 e. The predicted molar refractivity (Wildman–Crippen MR) is 116 cm³/mol. The fraction of sp³-hybridized carbons (Fsp3) is 0.316. The first-order valence-electron chi connectivity index (χ1n) is 9.15. The molecule has 0 spiro atoms. The average molecular weight is 449 g/mol. The first kappa shape index (κ1) is 20.3. The Morgan fingerprint density at radius 2 is 2.07 bits per heavy atom. The zero-order valence-electron chi connectivity index (χ0n) is 15.7. The molecule has 1 aromatic heterocycles. The molecule has 152 valence electrons. The van der Waals surface area contributed by atoms with Crippen LogP contribution in [0.5, 0.6) is 0 Å². The van der Waals surface area contributed by atoms with Crippen LogP contribution in [0.3, 0.4) is 0 Å². The van der Waals surface area contributed by atoms with Crippen molar-refractivity contribution in [3.05, 3.63) is 42.5 Å². The summed E-state index contributed by atoms with van der Waals surface area (Å²) in [6.45, 7) is 0.548. The van der Waals surface area contributed by atoms with Gasteiger partial charge in [0.1, 0.15) is 15.9 Å². The molecule has 29 heavy (non-hydrogen) atoms. The SMILES string of the molecule is CSc1cccc(NC(=O)[C@@H]2CCCN(S(=O)(=O)c3cccc4nsnc34)C2)c1. The Hall–Kier alpha value is -2.01. The van der Waals surface area contributed by atoms with Crippen molar-refractivity contribution in [2.75, 3.05) is 24.7 Å². The standard InChI is InChI=1S/C19H20N4O3S3/c1-27-15-7-2-6-14(11-15)20-19(24)13-5-4-10-23(12-13)29(25,26)17-9-3-8-16-18(17)22-28-21-16/h2-3,6-9,11,13H,4-5,10,12H2,1H3,(H,20,24)/t13-/m1/s1. The Bertz CT molecular complexity index is 1150. The Kier molecular flexibility index (Phi) is 5.86. The third-order valence-electron chi connectivity index (χ3n) is 4.96. The summed E-state index contributed by atoms with van der Waals surface area (Å²) in [5.74, 6) is -0.555. The van der Waals surface area contributed by atoms with E-state index < -0.39 is 15.9 Å². The van der Waals surface area contributed by atoms with Crippen LogP contribution in [0, 0.1) is 5.92 Å². The summed E-state index contributed by atoms with van der Waals surface area (Å²) in [6, 6.07) is 12.6. The van der Waals surface area contributed by atoms with Gasteiger partial charge in [-0.05, 0) is 49.4 Å². The molecule has 4 rings (SSSR count). The summed E-state index contributed by atoms with van der Waals surface area (Å²) >= 11 is 2.59. The number of thioether (sulfide) groups is 1. The van der Waals surface area contributed by atoms with Crippen molar-refractivity contribution in [1.82, 2.24) is 13.1 Å². The summed E-state index contributed by atoms with van der Waals surface area (Å²) in [4.78, 5) is 14.0. The van der Waals surface area contributed by atoms with E-state index in [-0.39, 0.29) is 17.3 Å². The molecule has 0 saturated carbocycles. The molecule has 7 nitrogen and oxygen atoms in total. The molecule has 0 radical (unpaired) electrons. The molecule has 2 aromatic carbocycles. The van der Waals surface area contributed by atoms with E-state index in [1.54, 1.807) is 30.0 Å². The van der Waals surface area contributed by atoms with Gasteiger partial charge in [-0.25, -0.2) is 8.42 Å². The second-order valence-corrected chi connectivity index (χ2v) is 10.1. The minimum Gasteiger partial charge on any atom is -0.326 e. The van der Waals surface area contributed by atoms with Crippen molar-refractivity contribution in [2.45, 2.75) is 22.6 Å². The van der Waals surface area contributed by atoms with Crippen LogP contribution in [0.1, 0.15) is 12.8 Å². The molecular formula is C19H20N4O3S3. The van der Waals surface area contributed by atoms with Gasteiger partial charge in [0.25, 0.3) is 0 Å². The smallest absolute Gasteiger partial charge is 0.245 e. The zero-order chi connectivity index (χ0) is 20.4. The second kappa shape index (κ2) is 8.39. The molecule has 2 heterocycles. The van der Waals surface area contributed by atoms with E-state index in [0.717, 1.165) is 22.3 Å². The molecule has 1 aliphatic heterocycles. The molecule has 1 atom stereocenters. The highest BCUT2D eigenvalue weighted by Crippen LogP contribution is 2.29. The van der Waals surface area contributed by atoms with Crippen LogP contribution in [0.2, 0.25) is 0 Å². The number of sulfonamides is 1. The number of piperidine rings is 1. The Labute approximate surface area is 177 Å². The molecule has 1 aliphatic rings. The zero-order valence-corrected chi connectivity index (χ0v) is 18.2. The summed E-state index contributed by atoms with van der Waals surface area (Å²) < 4.78 is 36.1. The van der Waals surface area contributed by atoms with Gasteiger partial charge >= 0.3 is 0 Å². The van der Waals surface area contributed by atoms with Crippen molar-refractivity contribution < 1.29 is 13.2 Å². The fourth-order valence-electron chi connectivity index (χ4n) is 3.45. The lowest BCUT2D eigenvalue weighted by Crippen LogP contribution is -2.43.